The van der Waals surface area contributed by atoms with Crippen LogP contribution in [0.15, 0.2) is 23.1 Å². The molecule has 1 aromatic rings. The minimum atomic E-state index is 0.793. The molecule has 0 heterocycles. The maximum Gasteiger partial charge on any atom is 0.0560 e. The topological polar surface area (TPSA) is 35.2 Å². The van der Waals surface area contributed by atoms with Gasteiger partial charge in [-0.15, -0.1) is 11.8 Å². The molecule has 1 rings (SSSR count). The maximum absolute atomic E-state index is 5.67. The third-order valence-electron chi connectivity index (χ3n) is 1.89. The number of hydrogen-bond acceptors (Lipinski definition) is 3. The largest absolute Gasteiger partial charge is 0.399 e. The molecular formula is C11H17NOS. The summed E-state index contributed by atoms with van der Waals surface area (Å²) in [5.41, 5.74) is 7.74. The number of hydrogen-bond donors (Lipinski definition) is 1. The molecule has 0 spiro atoms. The zero-order chi connectivity index (χ0) is 10.4. The third kappa shape index (κ3) is 3.60. The van der Waals surface area contributed by atoms with Crippen LogP contribution in [-0.4, -0.2) is 19.0 Å². The van der Waals surface area contributed by atoms with E-state index < -0.39 is 0 Å². The molecule has 0 aliphatic carbocycles. The van der Waals surface area contributed by atoms with Gasteiger partial charge in [-0.2, -0.15) is 0 Å². The lowest BCUT2D eigenvalue weighted by Gasteiger charge is -2.06. The predicted molar refractivity (Wildman–Crippen MR) is 62.8 cm³/mol. The maximum atomic E-state index is 5.67. The molecule has 0 radical (unpaired) electrons. The molecule has 0 aromatic heterocycles. The molecule has 2 nitrogen and oxygen atoms in total. The summed E-state index contributed by atoms with van der Waals surface area (Å²) in [5.74, 6) is 0.999. The molecule has 3 heteroatoms. The molecule has 2 N–H and O–H groups in total. The van der Waals surface area contributed by atoms with Crippen molar-refractivity contribution in [2.45, 2.75) is 18.7 Å². The van der Waals surface area contributed by atoms with E-state index in [-0.39, 0.29) is 0 Å². The van der Waals surface area contributed by atoms with Gasteiger partial charge in [0.1, 0.15) is 0 Å². The van der Waals surface area contributed by atoms with Crippen LogP contribution in [0, 0.1) is 6.92 Å². The lowest BCUT2D eigenvalue weighted by Crippen LogP contribution is -1.96. The first-order valence-corrected chi connectivity index (χ1v) is 5.79. The summed E-state index contributed by atoms with van der Waals surface area (Å²) < 4.78 is 5.27. The summed E-state index contributed by atoms with van der Waals surface area (Å²) in [7, 11) is 0. The molecule has 0 amide bonds. The van der Waals surface area contributed by atoms with Crippen molar-refractivity contribution in [2.75, 3.05) is 24.7 Å². The minimum absolute atomic E-state index is 0.793. The predicted octanol–water partition coefficient (Wildman–Crippen LogP) is 2.71. The van der Waals surface area contributed by atoms with Gasteiger partial charge in [0.15, 0.2) is 0 Å². The highest BCUT2D eigenvalue weighted by atomic mass is 32.2. The van der Waals surface area contributed by atoms with Gasteiger partial charge in [-0.25, -0.2) is 0 Å². The Balaban J connectivity index is 2.42. The van der Waals surface area contributed by atoms with Crippen molar-refractivity contribution < 1.29 is 4.74 Å². The lowest BCUT2D eigenvalue weighted by molar-refractivity contribution is 0.164. The number of benzene rings is 1. The monoisotopic (exact) mass is 211 g/mol. The van der Waals surface area contributed by atoms with Crippen LogP contribution in [0.3, 0.4) is 0 Å². The molecule has 1 aromatic carbocycles. The highest BCUT2D eigenvalue weighted by Crippen LogP contribution is 2.23. The second-order valence-electron chi connectivity index (χ2n) is 3.07. The average Bonchev–Trinajstić information content (AvgIpc) is 2.15. The van der Waals surface area contributed by atoms with Crippen LogP contribution >= 0.6 is 11.8 Å². The lowest BCUT2D eigenvalue weighted by atomic mass is 10.2. The number of rotatable bonds is 5. The molecule has 0 fully saturated rings. The molecule has 0 saturated heterocycles. The Kier molecular flexibility index (Phi) is 4.84. The fraction of sp³-hybridized carbons (Fsp3) is 0.455. The van der Waals surface area contributed by atoms with Gasteiger partial charge in [0.25, 0.3) is 0 Å². The number of nitrogen functional groups attached to an aromatic ring is 1. The number of anilines is 1. The van der Waals surface area contributed by atoms with Gasteiger partial charge in [-0.3, -0.25) is 0 Å². The molecule has 14 heavy (non-hydrogen) atoms. The Morgan fingerprint density at radius 2 is 2.21 bits per heavy atom. The Morgan fingerprint density at radius 1 is 1.43 bits per heavy atom. The van der Waals surface area contributed by atoms with E-state index in [9.17, 15) is 0 Å². The van der Waals surface area contributed by atoms with Crippen molar-refractivity contribution in [3.63, 3.8) is 0 Å². The van der Waals surface area contributed by atoms with Crippen LogP contribution in [-0.2, 0) is 4.74 Å². The van der Waals surface area contributed by atoms with Gasteiger partial charge in [0, 0.05) is 22.9 Å². The highest BCUT2D eigenvalue weighted by Gasteiger charge is 1.98. The molecule has 0 aliphatic rings. The van der Waals surface area contributed by atoms with Crippen LogP contribution in [0.1, 0.15) is 12.5 Å². The summed E-state index contributed by atoms with van der Waals surface area (Å²) in [6, 6.07) is 6.01. The van der Waals surface area contributed by atoms with Crippen LogP contribution in [0.4, 0.5) is 5.69 Å². The Hall–Kier alpha value is -0.670. The van der Waals surface area contributed by atoms with Crippen LogP contribution < -0.4 is 5.73 Å². The summed E-state index contributed by atoms with van der Waals surface area (Å²) in [4.78, 5) is 1.29. The first-order valence-electron chi connectivity index (χ1n) is 4.80. The Labute approximate surface area is 89.8 Å². The van der Waals surface area contributed by atoms with E-state index in [0.717, 1.165) is 24.7 Å². The summed E-state index contributed by atoms with van der Waals surface area (Å²) in [5, 5.41) is 0. The molecule has 0 bridgehead atoms. The summed E-state index contributed by atoms with van der Waals surface area (Å²) >= 11 is 1.82. The van der Waals surface area contributed by atoms with E-state index in [0.29, 0.717) is 0 Å². The quantitative estimate of drug-likeness (QED) is 0.462. The molecular weight excluding hydrogens is 194 g/mol. The van der Waals surface area contributed by atoms with Gasteiger partial charge in [-0.05, 0) is 37.6 Å². The zero-order valence-electron chi connectivity index (χ0n) is 8.75. The standard InChI is InChI=1S/C11H17NOS/c1-3-13-6-7-14-11-5-4-10(12)8-9(11)2/h4-5,8H,3,6-7,12H2,1-2H3. The number of aryl methyl sites for hydroxylation is 1. The van der Waals surface area contributed by atoms with E-state index in [1.165, 1.54) is 10.5 Å². The zero-order valence-corrected chi connectivity index (χ0v) is 9.56. The first kappa shape index (κ1) is 11.4. The van der Waals surface area contributed by atoms with Crippen LogP contribution in [0.5, 0.6) is 0 Å². The van der Waals surface area contributed by atoms with Crippen molar-refractivity contribution in [3.8, 4) is 0 Å². The Bertz CT molecular complexity index is 289. The van der Waals surface area contributed by atoms with E-state index in [2.05, 4.69) is 13.0 Å². The number of thioether (sulfide) groups is 1. The van der Waals surface area contributed by atoms with Gasteiger partial charge < -0.3 is 10.5 Å². The van der Waals surface area contributed by atoms with Crippen molar-refractivity contribution in [1.82, 2.24) is 0 Å². The second kappa shape index (κ2) is 5.94. The Morgan fingerprint density at radius 3 is 2.86 bits per heavy atom. The van der Waals surface area contributed by atoms with E-state index in [1.807, 2.05) is 30.8 Å². The van der Waals surface area contributed by atoms with Gasteiger partial charge in [0.05, 0.1) is 6.61 Å². The molecule has 0 aliphatic heterocycles. The van der Waals surface area contributed by atoms with Crippen molar-refractivity contribution in [2.24, 2.45) is 0 Å². The molecule has 0 saturated carbocycles. The van der Waals surface area contributed by atoms with E-state index in [1.54, 1.807) is 0 Å². The third-order valence-corrected chi connectivity index (χ3v) is 3.03. The SMILES string of the molecule is CCOCCSc1ccc(N)cc1C. The van der Waals surface area contributed by atoms with Crippen LogP contribution in [0.2, 0.25) is 0 Å². The summed E-state index contributed by atoms with van der Waals surface area (Å²) in [6.45, 7) is 5.70. The number of ether oxygens (including phenoxy) is 1. The fourth-order valence-electron chi connectivity index (χ4n) is 1.19. The van der Waals surface area contributed by atoms with E-state index in [4.69, 9.17) is 10.5 Å². The fourth-order valence-corrected chi connectivity index (χ4v) is 2.06. The molecule has 0 atom stereocenters. The number of nitrogens with two attached hydrogens (primary N) is 1. The van der Waals surface area contributed by atoms with Gasteiger partial charge >= 0.3 is 0 Å². The van der Waals surface area contributed by atoms with Crippen LogP contribution in [0.25, 0.3) is 0 Å². The van der Waals surface area contributed by atoms with Gasteiger partial charge in [-0.1, -0.05) is 0 Å². The van der Waals surface area contributed by atoms with Gasteiger partial charge in [0.2, 0.25) is 0 Å². The van der Waals surface area contributed by atoms with Crippen molar-refractivity contribution in [3.05, 3.63) is 23.8 Å². The van der Waals surface area contributed by atoms with Crippen molar-refractivity contribution in [1.29, 1.82) is 0 Å². The molecule has 0 unspecified atom stereocenters. The molecule has 78 valence electrons. The first-order chi connectivity index (χ1) is 6.74. The minimum Gasteiger partial charge on any atom is -0.399 e. The average molecular weight is 211 g/mol. The summed E-state index contributed by atoms with van der Waals surface area (Å²) in [6.07, 6.45) is 0. The highest BCUT2D eigenvalue weighted by molar-refractivity contribution is 7.99. The van der Waals surface area contributed by atoms with Crippen molar-refractivity contribution >= 4 is 17.4 Å². The normalized spacial score (nSPS) is 10.4. The smallest absolute Gasteiger partial charge is 0.0560 e. The second-order valence-corrected chi connectivity index (χ2v) is 4.21. The van der Waals surface area contributed by atoms with E-state index >= 15 is 0 Å².